The Morgan fingerprint density at radius 2 is 2.22 bits per heavy atom. The summed E-state index contributed by atoms with van der Waals surface area (Å²) in [4.78, 5) is 12.1. The van der Waals surface area contributed by atoms with Gasteiger partial charge in [-0.1, -0.05) is 18.2 Å². The van der Waals surface area contributed by atoms with Gasteiger partial charge in [0.05, 0.1) is 11.7 Å². The van der Waals surface area contributed by atoms with E-state index in [1.165, 1.54) is 0 Å². The standard InChI is InChI=1S/C18H23N3O2/c1-13-10-14(2)21(20-13)9-5-8-18(22)19-16-11-15-6-3-4-7-17(15)23-12-16/h3-4,6-7,10,16H,5,8-9,11-12H2,1-2H3,(H,19,22)/t16-/m1/s1. The van der Waals surface area contributed by atoms with E-state index < -0.39 is 0 Å². The molecule has 0 saturated carbocycles. The number of hydrogen-bond donors (Lipinski definition) is 1. The summed E-state index contributed by atoms with van der Waals surface area (Å²) in [5.41, 5.74) is 3.32. The van der Waals surface area contributed by atoms with Gasteiger partial charge in [0.15, 0.2) is 0 Å². The molecule has 3 rings (SSSR count). The molecule has 0 radical (unpaired) electrons. The molecule has 0 bridgehead atoms. The molecule has 0 saturated heterocycles. The van der Waals surface area contributed by atoms with Crippen LogP contribution in [0, 0.1) is 13.8 Å². The first-order valence-corrected chi connectivity index (χ1v) is 8.13. The zero-order valence-electron chi connectivity index (χ0n) is 13.7. The highest BCUT2D eigenvalue weighted by atomic mass is 16.5. The van der Waals surface area contributed by atoms with Crippen molar-refractivity contribution in [2.75, 3.05) is 6.61 Å². The zero-order chi connectivity index (χ0) is 16.2. The smallest absolute Gasteiger partial charge is 0.220 e. The van der Waals surface area contributed by atoms with Crippen LogP contribution in [0.15, 0.2) is 30.3 Å². The number of fused-ring (bicyclic) bond motifs is 1. The second kappa shape index (κ2) is 6.86. The molecule has 0 fully saturated rings. The largest absolute Gasteiger partial charge is 0.491 e. The van der Waals surface area contributed by atoms with E-state index in [0.717, 1.165) is 42.1 Å². The molecular formula is C18H23N3O2. The maximum atomic E-state index is 12.1. The average Bonchev–Trinajstić information content (AvgIpc) is 2.85. The van der Waals surface area contributed by atoms with Crippen LogP contribution in [-0.4, -0.2) is 28.3 Å². The van der Waals surface area contributed by atoms with Gasteiger partial charge in [-0.05, 0) is 44.4 Å². The number of aromatic nitrogens is 2. The van der Waals surface area contributed by atoms with Crippen molar-refractivity contribution < 1.29 is 9.53 Å². The van der Waals surface area contributed by atoms with Crippen LogP contribution in [0.3, 0.4) is 0 Å². The van der Waals surface area contributed by atoms with Crippen molar-refractivity contribution >= 4 is 5.91 Å². The van der Waals surface area contributed by atoms with Crippen molar-refractivity contribution in [3.8, 4) is 5.75 Å². The number of ether oxygens (including phenoxy) is 1. The molecule has 1 aromatic carbocycles. The summed E-state index contributed by atoms with van der Waals surface area (Å²) < 4.78 is 7.66. The first kappa shape index (κ1) is 15.6. The van der Waals surface area contributed by atoms with Gasteiger partial charge in [0.2, 0.25) is 5.91 Å². The molecular weight excluding hydrogens is 290 g/mol. The lowest BCUT2D eigenvalue weighted by atomic mass is 10.0. The number of rotatable bonds is 5. The van der Waals surface area contributed by atoms with Gasteiger partial charge in [-0.25, -0.2) is 0 Å². The first-order valence-electron chi connectivity index (χ1n) is 8.13. The second-order valence-electron chi connectivity index (χ2n) is 6.14. The molecule has 122 valence electrons. The monoisotopic (exact) mass is 313 g/mol. The number of nitrogens with zero attached hydrogens (tertiary/aromatic N) is 2. The minimum Gasteiger partial charge on any atom is -0.491 e. The molecule has 5 heteroatoms. The van der Waals surface area contributed by atoms with Crippen molar-refractivity contribution in [3.63, 3.8) is 0 Å². The summed E-state index contributed by atoms with van der Waals surface area (Å²) in [7, 11) is 0. The van der Waals surface area contributed by atoms with Gasteiger partial charge in [0, 0.05) is 18.7 Å². The predicted octanol–water partition coefficient (Wildman–Crippen LogP) is 2.40. The highest BCUT2D eigenvalue weighted by Crippen LogP contribution is 2.23. The molecule has 2 aromatic rings. The normalized spacial score (nSPS) is 16.5. The maximum absolute atomic E-state index is 12.1. The van der Waals surface area contributed by atoms with Crippen molar-refractivity contribution in [2.45, 2.75) is 45.7 Å². The third kappa shape index (κ3) is 3.92. The van der Waals surface area contributed by atoms with Crippen molar-refractivity contribution in [3.05, 3.63) is 47.3 Å². The van der Waals surface area contributed by atoms with Crippen LogP contribution in [0.2, 0.25) is 0 Å². The number of hydrogen-bond acceptors (Lipinski definition) is 3. The summed E-state index contributed by atoms with van der Waals surface area (Å²) in [6.45, 7) is 5.34. The minimum atomic E-state index is 0.0612. The number of aryl methyl sites for hydroxylation is 3. The van der Waals surface area contributed by atoms with E-state index in [0.29, 0.717) is 13.0 Å². The van der Waals surface area contributed by atoms with E-state index in [1.807, 2.05) is 36.7 Å². The number of para-hydroxylation sites is 1. The molecule has 5 nitrogen and oxygen atoms in total. The molecule has 0 unspecified atom stereocenters. The Bertz CT molecular complexity index is 693. The van der Waals surface area contributed by atoms with E-state index in [1.54, 1.807) is 0 Å². The summed E-state index contributed by atoms with van der Waals surface area (Å²) in [5, 5.41) is 7.48. The Labute approximate surface area is 136 Å². The fourth-order valence-corrected chi connectivity index (χ4v) is 3.01. The minimum absolute atomic E-state index is 0.0612. The van der Waals surface area contributed by atoms with Gasteiger partial charge in [-0.2, -0.15) is 5.10 Å². The Kier molecular flexibility index (Phi) is 4.65. The molecule has 0 spiro atoms. The van der Waals surface area contributed by atoms with Gasteiger partial charge in [0.1, 0.15) is 12.4 Å². The molecule has 1 amide bonds. The number of carbonyl (C=O) groups excluding carboxylic acids is 1. The topological polar surface area (TPSA) is 56.2 Å². The van der Waals surface area contributed by atoms with Crippen LogP contribution in [-0.2, 0) is 17.8 Å². The lowest BCUT2D eigenvalue weighted by Gasteiger charge is -2.26. The van der Waals surface area contributed by atoms with Crippen LogP contribution in [0.5, 0.6) is 5.75 Å². The SMILES string of the molecule is Cc1cc(C)n(CCCC(=O)N[C@H]2COc3ccccc3C2)n1. The maximum Gasteiger partial charge on any atom is 0.220 e. The summed E-state index contributed by atoms with van der Waals surface area (Å²) in [6.07, 6.45) is 2.13. The zero-order valence-corrected chi connectivity index (χ0v) is 13.7. The fraction of sp³-hybridized carbons (Fsp3) is 0.444. The summed E-state index contributed by atoms with van der Waals surface area (Å²) >= 11 is 0. The highest BCUT2D eigenvalue weighted by Gasteiger charge is 2.20. The van der Waals surface area contributed by atoms with Crippen LogP contribution < -0.4 is 10.1 Å². The molecule has 2 heterocycles. The Balaban J connectivity index is 1.44. The van der Waals surface area contributed by atoms with Crippen molar-refractivity contribution in [1.29, 1.82) is 0 Å². The molecule has 23 heavy (non-hydrogen) atoms. The number of benzene rings is 1. The summed E-state index contributed by atoms with van der Waals surface area (Å²) in [5.74, 6) is 1.02. The van der Waals surface area contributed by atoms with E-state index in [-0.39, 0.29) is 11.9 Å². The molecule has 1 N–H and O–H groups in total. The summed E-state index contributed by atoms with van der Waals surface area (Å²) in [6, 6.07) is 10.1. The van der Waals surface area contributed by atoms with Gasteiger partial charge >= 0.3 is 0 Å². The van der Waals surface area contributed by atoms with Crippen LogP contribution >= 0.6 is 0 Å². The predicted molar refractivity (Wildman–Crippen MR) is 88.5 cm³/mol. The van der Waals surface area contributed by atoms with Gasteiger partial charge in [-0.3, -0.25) is 9.48 Å². The van der Waals surface area contributed by atoms with E-state index in [2.05, 4.69) is 22.5 Å². The third-order valence-corrected chi connectivity index (χ3v) is 4.12. The van der Waals surface area contributed by atoms with Gasteiger partial charge in [-0.15, -0.1) is 0 Å². The second-order valence-corrected chi connectivity index (χ2v) is 6.14. The van der Waals surface area contributed by atoms with Gasteiger partial charge in [0.25, 0.3) is 0 Å². The molecule has 1 aliphatic rings. The number of amides is 1. The number of carbonyl (C=O) groups is 1. The lowest BCUT2D eigenvalue weighted by molar-refractivity contribution is -0.122. The van der Waals surface area contributed by atoms with Crippen LogP contribution in [0.4, 0.5) is 0 Å². The number of nitrogens with one attached hydrogen (secondary N) is 1. The molecule has 1 aromatic heterocycles. The van der Waals surface area contributed by atoms with Gasteiger partial charge < -0.3 is 10.1 Å². The van der Waals surface area contributed by atoms with Crippen LogP contribution in [0.25, 0.3) is 0 Å². The van der Waals surface area contributed by atoms with Crippen molar-refractivity contribution in [1.82, 2.24) is 15.1 Å². The van der Waals surface area contributed by atoms with E-state index >= 15 is 0 Å². The lowest BCUT2D eigenvalue weighted by Crippen LogP contribution is -2.42. The molecule has 1 atom stereocenters. The fourth-order valence-electron chi connectivity index (χ4n) is 3.01. The van der Waals surface area contributed by atoms with Crippen LogP contribution in [0.1, 0.15) is 29.8 Å². The first-order chi connectivity index (χ1) is 11.1. The van der Waals surface area contributed by atoms with E-state index in [4.69, 9.17) is 4.74 Å². The molecule has 1 aliphatic heterocycles. The average molecular weight is 313 g/mol. The highest BCUT2D eigenvalue weighted by molar-refractivity contribution is 5.76. The van der Waals surface area contributed by atoms with Crippen molar-refractivity contribution in [2.24, 2.45) is 0 Å². The molecule has 0 aliphatic carbocycles. The third-order valence-electron chi connectivity index (χ3n) is 4.12. The Hall–Kier alpha value is -2.30. The Morgan fingerprint density at radius 3 is 3.00 bits per heavy atom. The Morgan fingerprint density at radius 1 is 1.39 bits per heavy atom. The quantitative estimate of drug-likeness (QED) is 0.922. The van der Waals surface area contributed by atoms with E-state index in [9.17, 15) is 4.79 Å².